The molecule has 1 fully saturated rings. The van der Waals surface area contributed by atoms with E-state index in [9.17, 15) is 0 Å². The van der Waals surface area contributed by atoms with Crippen LogP contribution in [0.3, 0.4) is 0 Å². The van der Waals surface area contributed by atoms with Crippen molar-refractivity contribution in [3.05, 3.63) is 42.5 Å². The molecule has 0 saturated carbocycles. The Labute approximate surface area is 86.2 Å². The molecule has 0 spiro atoms. The maximum absolute atomic E-state index is 2.34. The third-order valence-corrected chi connectivity index (χ3v) is 6.24. The molecule has 1 aliphatic rings. The summed E-state index contributed by atoms with van der Waals surface area (Å²) in [7, 11) is -0.151. The average Bonchev–Trinajstić information content (AvgIpc) is 2.16. The Morgan fingerprint density at radius 1 is 0.857 bits per heavy atom. The van der Waals surface area contributed by atoms with E-state index in [1.54, 1.807) is 5.19 Å². The molecule has 69 valence electrons. The molecule has 0 amide bonds. The molecule has 1 aliphatic heterocycles. The molecule has 2 aromatic carbocycles. The molecule has 0 bridgehead atoms. The molecule has 14 heavy (non-hydrogen) atoms. The number of hydrogen-bond acceptors (Lipinski definition) is 0. The fourth-order valence-corrected chi connectivity index (χ4v) is 4.34. The van der Waals surface area contributed by atoms with Crippen LogP contribution >= 0.6 is 0 Å². The smallest absolute Gasteiger partial charge is 0.0626 e. The van der Waals surface area contributed by atoms with Crippen molar-refractivity contribution in [1.82, 2.24) is 0 Å². The summed E-state index contributed by atoms with van der Waals surface area (Å²) in [6.07, 6.45) is 1.46. The first-order valence-corrected chi connectivity index (χ1v) is 7.19. The summed E-state index contributed by atoms with van der Waals surface area (Å²) < 4.78 is 0. The first-order chi connectivity index (χ1) is 6.95. The van der Waals surface area contributed by atoms with E-state index in [0.717, 1.165) is 0 Å². The highest BCUT2D eigenvalue weighted by molar-refractivity contribution is 6.77. The van der Waals surface area contributed by atoms with Crippen molar-refractivity contribution in [2.75, 3.05) is 0 Å². The van der Waals surface area contributed by atoms with Gasteiger partial charge in [-0.05, 0) is 10.8 Å². The Hall–Kier alpha value is -1.08. The summed E-state index contributed by atoms with van der Waals surface area (Å²) >= 11 is 0. The molecule has 0 atom stereocenters. The van der Waals surface area contributed by atoms with Gasteiger partial charge >= 0.3 is 0 Å². The summed E-state index contributed by atoms with van der Waals surface area (Å²) in [5.74, 6) is 0. The standard InChI is InChI=1S/C13H13Si/c1-2-7-12-11(5-1)6-3-8-13(12)14-9-4-10-14/h1-3,5-8H,4,9-10H2. The summed E-state index contributed by atoms with van der Waals surface area (Å²) in [6, 6.07) is 18.5. The van der Waals surface area contributed by atoms with Crippen LogP contribution in [0.2, 0.25) is 12.1 Å². The van der Waals surface area contributed by atoms with Gasteiger partial charge in [0.25, 0.3) is 0 Å². The number of benzene rings is 2. The molecule has 0 aliphatic carbocycles. The largest absolute Gasteiger partial charge is 0.0864 e. The second-order valence-corrected chi connectivity index (χ2v) is 6.73. The fourth-order valence-electron chi connectivity index (χ4n) is 2.16. The molecule has 3 rings (SSSR count). The predicted octanol–water partition coefficient (Wildman–Crippen LogP) is 2.95. The molecule has 2 aromatic rings. The van der Waals surface area contributed by atoms with Crippen LogP contribution in [0.15, 0.2) is 42.5 Å². The molecule has 1 saturated heterocycles. The molecule has 1 radical (unpaired) electrons. The van der Waals surface area contributed by atoms with Crippen molar-refractivity contribution in [3.63, 3.8) is 0 Å². The average molecular weight is 197 g/mol. The highest BCUT2D eigenvalue weighted by Crippen LogP contribution is 2.23. The van der Waals surface area contributed by atoms with Gasteiger partial charge in [-0.1, -0.05) is 66.2 Å². The van der Waals surface area contributed by atoms with E-state index in [0.29, 0.717) is 0 Å². The van der Waals surface area contributed by atoms with E-state index < -0.39 is 0 Å². The number of rotatable bonds is 1. The van der Waals surface area contributed by atoms with E-state index in [1.165, 1.54) is 29.3 Å². The summed E-state index contributed by atoms with van der Waals surface area (Å²) in [5.41, 5.74) is 0. The van der Waals surface area contributed by atoms with E-state index in [2.05, 4.69) is 42.5 Å². The number of hydrogen-bond donors (Lipinski definition) is 0. The third-order valence-electron chi connectivity index (χ3n) is 3.13. The second-order valence-electron chi connectivity index (χ2n) is 3.98. The van der Waals surface area contributed by atoms with Crippen LogP contribution in [0.1, 0.15) is 6.42 Å². The lowest BCUT2D eigenvalue weighted by Crippen LogP contribution is -2.36. The Morgan fingerprint density at radius 2 is 1.64 bits per heavy atom. The monoisotopic (exact) mass is 197 g/mol. The van der Waals surface area contributed by atoms with Crippen LogP contribution < -0.4 is 5.19 Å². The second kappa shape index (κ2) is 3.25. The topological polar surface area (TPSA) is 0 Å². The molecule has 0 nitrogen and oxygen atoms in total. The Balaban J connectivity index is 2.22. The fraction of sp³-hybridized carbons (Fsp3) is 0.231. The lowest BCUT2D eigenvalue weighted by atomic mass is 10.1. The van der Waals surface area contributed by atoms with Crippen molar-refractivity contribution < 1.29 is 0 Å². The maximum Gasteiger partial charge on any atom is 0.0864 e. The molecule has 1 heterocycles. The van der Waals surface area contributed by atoms with Crippen molar-refractivity contribution in [1.29, 1.82) is 0 Å². The van der Waals surface area contributed by atoms with Crippen LogP contribution in [0, 0.1) is 0 Å². The maximum atomic E-state index is 2.34. The van der Waals surface area contributed by atoms with Gasteiger partial charge in [0.2, 0.25) is 0 Å². The predicted molar refractivity (Wildman–Crippen MR) is 63.6 cm³/mol. The van der Waals surface area contributed by atoms with Gasteiger partial charge in [0.15, 0.2) is 0 Å². The van der Waals surface area contributed by atoms with Gasteiger partial charge in [-0.25, -0.2) is 0 Å². The van der Waals surface area contributed by atoms with Crippen molar-refractivity contribution in [2.24, 2.45) is 0 Å². The Bertz CT molecular complexity index is 452. The Kier molecular flexibility index (Phi) is 1.91. The molecule has 0 N–H and O–H groups in total. The van der Waals surface area contributed by atoms with Gasteiger partial charge in [0.1, 0.15) is 0 Å². The zero-order valence-corrected chi connectivity index (χ0v) is 9.16. The SMILES string of the molecule is c1ccc2c([Si]3CCC3)cccc2c1. The number of fused-ring (bicyclic) bond motifs is 1. The van der Waals surface area contributed by atoms with E-state index in [-0.39, 0.29) is 8.80 Å². The van der Waals surface area contributed by atoms with Gasteiger partial charge in [-0.15, -0.1) is 0 Å². The molecule has 0 aromatic heterocycles. The highest BCUT2D eigenvalue weighted by atomic mass is 28.3. The van der Waals surface area contributed by atoms with Gasteiger partial charge in [-0.3, -0.25) is 0 Å². The van der Waals surface area contributed by atoms with Crippen LogP contribution in [0.4, 0.5) is 0 Å². The van der Waals surface area contributed by atoms with Crippen molar-refractivity contribution in [3.8, 4) is 0 Å². The van der Waals surface area contributed by atoms with Crippen LogP contribution in [0.25, 0.3) is 10.8 Å². The molecular formula is C13H13Si. The molecule has 0 unspecified atom stereocenters. The quantitative estimate of drug-likeness (QED) is 0.617. The van der Waals surface area contributed by atoms with Crippen molar-refractivity contribution in [2.45, 2.75) is 18.5 Å². The summed E-state index contributed by atoms with van der Waals surface area (Å²) in [4.78, 5) is 0. The van der Waals surface area contributed by atoms with E-state index in [4.69, 9.17) is 0 Å². The highest BCUT2D eigenvalue weighted by Gasteiger charge is 2.22. The third kappa shape index (κ3) is 1.20. The first kappa shape index (κ1) is 8.24. The first-order valence-electron chi connectivity index (χ1n) is 5.28. The summed E-state index contributed by atoms with van der Waals surface area (Å²) in [5, 5.41) is 4.58. The summed E-state index contributed by atoms with van der Waals surface area (Å²) in [6.45, 7) is 0. The molecular weight excluding hydrogens is 184 g/mol. The van der Waals surface area contributed by atoms with Gasteiger partial charge in [0.05, 0.1) is 8.80 Å². The Morgan fingerprint density at radius 3 is 2.43 bits per heavy atom. The minimum absolute atomic E-state index is 0.151. The van der Waals surface area contributed by atoms with Crippen LogP contribution in [-0.4, -0.2) is 8.80 Å². The van der Waals surface area contributed by atoms with Gasteiger partial charge in [-0.2, -0.15) is 0 Å². The van der Waals surface area contributed by atoms with Gasteiger partial charge in [0, 0.05) is 0 Å². The van der Waals surface area contributed by atoms with E-state index in [1.807, 2.05) is 0 Å². The minimum atomic E-state index is -0.151. The van der Waals surface area contributed by atoms with Crippen molar-refractivity contribution >= 4 is 24.8 Å². The lowest BCUT2D eigenvalue weighted by Gasteiger charge is -2.24. The van der Waals surface area contributed by atoms with Crippen LogP contribution in [0.5, 0.6) is 0 Å². The minimum Gasteiger partial charge on any atom is -0.0626 e. The van der Waals surface area contributed by atoms with E-state index >= 15 is 0 Å². The molecule has 1 heteroatoms. The lowest BCUT2D eigenvalue weighted by molar-refractivity contribution is 0.952. The van der Waals surface area contributed by atoms with Gasteiger partial charge < -0.3 is 0 Å². The zero-order valence-electron chi connectivity index (χ0n) is 8.16. The zero-order chi connectivity index (χ0) is 9.38. The normalized spacial score (nSPS) is 16.9. The van der Waals surface area contributed by atoms with Crippen LogP contribution in [-0.2, 0) is 0 Å².